The number of rotatable bonds is 3. The van der Waals surface area contributed by atoms with Crippen LogP contribution in [0.2, 0.25) is 0 Å². The highest BCUT2D eigenvalue weighted by molar-refractivity contribution is 7.19. The smallest absolute Gasteiger partial charge is 0.161 e. The Morgan fingerprint density at radius 2 is 1.89 bits per heavy atom. The van der Waals surface area contributed by atoms with E-state index in [0.29, 0.717) is 0 Å². The van der Waals surface area contributed by atoms with Gasteiger partial charge in [-0.15, -0.1) is 15.3 Å². The van der Waals surface area contributed by atoms with E-state index in [0.717, 1.165) is 26.1 Å². The molecule has 1 aromatic carbocycles. The number of benzene rings is 1. The first kappa shape index (κ1) is 12.3. The molecule has 0 saturated heterocycles. The molecule has 1 unspecified atom stereocenters. The molecule has 0 aliphatic carbocycles. The van der Waals surface area contributed by atoms with Gasteiger partial charge in [0.25, 0.3) is 0 Å². The number of hydrogen-bond donors (Lipinski definition) is 1. The minimum Gasteiger partial charge on any atom is -0.318 e. The van der Waals surface area contributed by atoms with Crippen molar-refractivity contribution in [2.45, 2.75) is 13.0 Å². The number of aromatic nitrogens is 4. The molecular weight excluding hydrogens is 278 g/mol. The molecule has 7 heteroatoms. The second-order valence-corrected chi connectivity index (χ2v) is 5.78. The summed E-state index contributed by atoms with van der Waals surface area (Å²) in [6, 6.07) is 9.64. The molecule has 0 amide bonds. The zero-order valence-corrected chi connectivity index (χ0v) is 11.8. The van der Waals surface area contributed by atoms with Crippen molar-refractivity contribution in [3.05, 3.63) is 46.6 Å². The average Bonchev–Trinajstić information content (AvgIpc) is 3.07. The van der Waals surface area contributed by atoms with Crippen molar-refractivity contribution in [3.63, 3.8) is 0 Å². The predicted octanol–water partition coefficient (Wildman–Crippen LogP) is 2.41. The van der Waals surface area contributed by atoms with Crippen molar-refractivity contribution in [2.75, 3.05) is 0 Å². The van der Waals surface area contributed by atoms with Gasteiger partial charge in [-0.2, -0.15) is 0 Å². The third kappa shape index (κ3) is 2.40. The quantitative estimate of drug-likeness (QED) is 0.801. The fourth-order valence-electron chi connectivity index (χ4n) is 1.68. The highest BCUT2D eigenvalue weighted by Crippen LogP contribution is 2.31. The minimum absolute atomic E-state index is 0.242. The van der Waals surface area contributed by atoms with Gasteiger partial charge >= 0.3 is 0 Å². The average molecular weight is 289 g/mol. The van der Waals surface area contributed by atoms with Crippen LogP contribution in [0.5, 0.6) is 0 Å². The molecule has 3 aromatic rings. The Morgan fingerprint density at radius 1 is 1.11 bits per heavy atom. The van der Waals surface area contributed by atoms with Crippen LogP contribution in [-0.2, 0) is 0 Å². The number of hydrogen-bond acceptors (Lipinski definition) is 7. The summed E-state index contributed by atoms with van der Waals surface area (Å²) in [4.78, 5) is 0.962. The van der Waals surface area contributed by atoms with Crippen LogP contribution in [0, 0.1) is 6.92 Å². The lowest BCUT2D eigenvalue weighted by molar-refractivity contribution is 0.831. The maximum Gasteiger partial charge on any atom is 0.161 e. The van der Waals surface area contributed by atoms with Crippen LogP contribution < -0.4 is 5.73 Å². The zero-order valence-electron chi connectivity index (χ0n) is 10.1. The minimum atomic E-state index is -0.242. The highest BCUT2D eigenvalue weighted by Gasteiger charge is 2.17. The van der Waals surface area contributed by atoms with Gasteiger partial charge in [0.1, 0.15) is 9.88 Å². The lowest BCUT2D eigenvalue weighted by atomic mass is 10.1. The van der Waals surface area contributed by atoms with Crippen molar-refractivity contribution < 1.29 is 0 Å². The van der Waals surface area contributed by atoms with E-state index in [2.05, 4.69) is 19.8 Å². The lowest BCUT2D eigenvalue weighted by Gasteiger charge is -2.06. The van der Waals surface area contributed by atoms with E-state index < -0.39 is 0 Å². The molecule has 3 rings (SSSR count). The van der Waals surface area contributed by atoms with Gasteiger partial charge in [-0.25, -0.2) is 0 Å². The van der Waals surface area contributed by atoms with Crippen LogP contribution >= 0.6 is 22.9 Å². The van der Waals surface area contributed by atoms with Gasteiger partial charge in [0.15, 0.2) is 5.01 Å². The number of nitrogens with zero attached hydrogens (tertiary/aromatic N) is 4. The van der Waals surface area contributed by atoms with Crippen molar-refractivity contribution in [1.29, 1.82) is 0 Å². The van der Waals surface area contributed by atoms with Crippen LogP contribution in [0.25, 0.3) is 9.88 Å². The first-order valence-electron chi connectivity index (χ1n) is 5.69. The van der Waals surface area contributed by atoms with Crippen LogP contribution in [0.3, 0.4) is 0 Å². The predicted molar refractivity (Wildman–Crippen MR) is 76.0 cm³/mol. The van der Waals surface area contributed by atoms with E-state index in [1.807, 2.05) is 37.3 Å². The second kappa shape index (κ2) is 5.12. The summed E-state index contributed by atoms with van der Waals surface area (Å²) < 4.78 is 3.91. The summed E-state index contributed by atoms with van der Waals surface area (Å²) in [5, 5.41) is 14.0. The Morgan fingerprint density at radius 3 is 2.58 bits per heavy atom. The maximum atomic E-state index is 6.20. The lowest BCUT2D eigenvalue weighted by Crippen LogP contribution is -2.11. The molecule has 96 valence electrons. The fraction of sp³-hybridized carbons (Fsp3) is 0.167. The molecule has 0 bridgehead atoms. The monoisotopic (exact) mass is 289 g/mol. The normalized spacial score (nSPS) is 12.5. The Labute approximate surface area is 118 Å². The van der Waals surface area contributed by atoms with E-state index in [9.17, 15) is 0 Å². The molecule has 19 heavy (non-hydrogen) atoms. The molecule has 0 saturated carbocycles. The molecule has 0 spiro atoms. The second-order valence-electron chi connectivity index (χ2n) is 4.02. The molecule has 0 fully saturated rings. The Hall–Kier alpha value is -1.70. The first-order valence-corrected chi connectivity index (χ1v) is 7.28. The van der Waals surface area contributed by atoms with Gasteiger partial charge in [0, 0.05) is 0 Å². The molecule has 2 aromatic heterocycles. The Balaban J connectivity index is 1.92. The van der Waals surface area contributed by atoms with Gasteiger partial charge in [-0.05, 0) is 24.0 Å². The van der Waals surface area contributed by atoms with E-state index in [1.165, 1.54) is 22.9 Å². The van der Waals surface area contributed by atoms with Crippen LogP contribution in [0.15, 0.2) is 30.3 Å². The van der Waals surface area contributed by atoms with E-state index >= 15 is 0 Å². The molecular formula is C12H11N5S2. The first-order chi connectivity index (χ1) is 9.25. The summed E-state index contributed by atoms with van der Waals surface area (Å²) in [5.41, 5.74) is 8.11. The van der Waals surface area contributed by atoms with Gasteiger partial charge in [0.2, 0.25) is 0 Å². The number of nitrogens with two attached hydrogens (primary N) is 1. The van der Waals surface area contributed by atoms with Gasteiger partial charge in [-0.3, -0.25) is 0 Å². The van der Waals surface area contributed by atoms with Crippen molar-refractivity contribution in [1.82, 2.24) is 19.8 Å². The van der Waals surface area contributed by atoms with Crippen LogP contribution in [0.4, 0.5) is 0 Å². The Bertz CT molecular complexity index is 676. The standard InChI is InChI=1S/C12H11N5S2/c1-7-10(19-17-14-7)12-16-15-11(18-12)9(13)8-5-3-2-4-6-8/h2-6,9H,13H2,1H3. The maximum absolute atomic E-state index is 6.20. The van der Waals surface area contributed by atoms with Crippen molar-refractivity contribution >= 4 is 22.9 Å². The zero-order chi connectivity index (χ0) is 13.2. The largest absolute Gasteiger partial charge is 0.318 e. The summed E-state index contributed by atoms with van der Waals surface area (Å²) >= 11 is 2.82. The topological polar surface area (TPSA) is 77.6 Å². The van der Waals surface area contributed by atoms with Crippen LogP contribution in [-0.4, -0.2) is 19.8 Å². The summed E-state index contributed by atoms with van der Waals surface area (Å²) in [6.45, 7) is 1.91. The van der Waals surface area contributed by atoms with Crippen LogP contribution in [0.1, 0.15) is 22.3 Å². The molecule has 1 atom stereocenters. The summed E-state index contributed by atoms with van der Waals surface area (Å²) in [6.07, 6.45) is 0. The molecule has 0 aliphatic rings. The van der Waals surface area contributed by atoms with E-state index in [-0.39, 0.29) is 6.04 Å². The SMILES string of the molecule is Cc1nnsc1-c1nnc(C(N)c2ccccc2)s1. The van der Waals surface area contributed by atoms with Gasteiger partial charge < -0.3 is 5.73 Å². The van der Waals surface area contributed by atoms with E-state index in [4.69, 9.17) is 5.73 Å². The molecule has 5 nitrogen and oxygen atoms in total. The van der Waals surface area contributed by atoms with Crippen molar-refractivity contribution in [3.8, 4) is 9.88 Å². The number of aryl methyl sites for hydroxylation is 1. The third-order valence-electron chi connectivity index (χ3n) is 2.71. The fourth-order valence-corrected chi connectivity index (χ4v) is 3.32. The highest BCUT2D eigenvalue weighted by atomic mass is 32.1. The van der Waals surface area contributed by atoms with E-state index in [1.54, 1.807) is 0 Å². The Kier molecular flexibility index (Phi) is 3.33. The van der Waals surface area contributed by atoms with Gasteiger partial charge in [-0.1, -0.05) is 46.2 Å². The summed E-state index contributed by atoms with van der Waals surface area (Å²) in [7, 11) is 0. The van der Waals surface area contributed by atoms with Gasteiger partial charge in [0.05, 0.1) is 11.7 Å². The third-order valence-corrected chi connectivity index (χ3v) is 4.70. The van der Waals surface area contributed by atoms with Crippen molar-refractivity contribution in [2.24, 2.45) is 5.73 Å². The molecule has 0 aliphatic heterocycles. The molecule has 2 heterocycles. The molecule has 2 N–H and O–H groups in total. The molecule has 0 radical (unpaired) electrons. The summed E-state index contributed by atoms with van der Waals surface area (Å²) in [5.74, 6) is 0.